The van der Waals surface area contributed by atoms with Gasteiger partial charge in [0.05, 0.1) is 22.4 Å². The van der Waals surface area contributed by atoms with Gasteiger partial charge >= 0.3 is 0 Å². The van der Waals surface area contributed by atoms with Crippen LogP contribution in [0.5, 0.6) is 0 Å². The van der Waals surface area contributed by atoms with Crippen molar-refractivity contribution < 1.29 is 12.8 Å². The molecule has 0 unspecified atom stereocenters. The lowest BCUT2D eigenvalue weighted by molar-refractivity contribution is 0.566. The highest BCUT2D eigenvalue weighted by atomic mass is 32.2. The van der Waals surface area contributed by atoms with Gasteiger partial charge in [-0.1, -0.05) is 90.0 Å². The van der Waals surface area contributed by atoms with Gasteiger partial charge in [0.15, 0.2) is 0 Å². The normalized spacial score (nSPS) is 11.5. The van der Waals surface area contributed by atoms with E-state index < -0.39 is 10.0 Å². The quantitative estimate of drug-likeness (QED) is 0.271. The van der Waals surface area contributed by atoms with Crippen LogP contribution in [0.2, 0.25) is 0 Å². The Morgan fingerprint density at radius 1 is 0.722 bits per heavy atom. The average molecular weight is 496 g/mol. The molecule has 0 bridgehead atoms. The summed E-state index contributed by atoms with van der Waals surface area (Å²) >= 11 is 0. The molecule has 1 heterocycles. The number of rotatable bonds is 6. The molecule has 0 spiro atoms. The van der Waals surface area contributed by atoms with Gasteiger partial charge in [-0.2, -0.15) is 0 Å². The highest BCUT2D eigenvalue weighted by Gasteiger charge is 2.31. The Morgan fingerprint density at radius 2 is 1.31 bits per heavy atom. The number of para-hydroxylation sites is 1. The number of aryl methyl sites for hydroxylation is 2. The lowest BCUT2D eigenvalue weighted by Gasteiger charge is -2.25. The summed E-state index contributed by atoms with van der Waals surface area (Å²) in [4.78, 5) is 13.9. The van der Waals surface area contributed by atoms with Crippen LogP contribution in [-0.2, 0) is 16.6 Å². The second-order valence-electron chi connectivity index (χ2n) is 8.78. The number of hydrogen-bond donors (Lipinski definition) is 0. The van der Waals surface area contributed by atoms with Crippen molar-refractivity contribution >= 4 is 26.9 Å². The van der Waals surface area contributed by atoms with E-state index >= 15 is 0 Å². The molecule has 0 aliphatic carbocycles. The number of sulfonamides is 1. The van der Waals surface area contributed by atoms with Crippen molar-refractivity contribution in [2.24, 2.45) is 0 Å². The number of nitrogens with zero attached hydrogens (tertiary/aromatic N) is 1. The van der Waals surface area contributed by atoms with Crippen LogP contribution in [0.3, 0.4) is 0 Å². The lowest BCUT2D eigenvalue weighted by atomic mass is 10.0. The predicted molar refractivity (Wildman–Crippen MR) is 144 cm³/mol. The molecule has 5 aromatic rings. The Bertz CT molecular complexity index is 1690. The van der Waals surface area contributed by atoms with E-state index in [-0.39, 0.29) is 28.3 Å². The van der Waals surface area contributed by atoms with Crippen LogP contribution in [-0.4, -0.2) is 8.42 Å². The Morgan fingerprint density at radius 3 is 1.97 bits per heavy atom. The zero-order valence-electron chi connectivity index (χ0n) is 20.0. The largest absolute Gasteiger partial charge is 0.439 e. The molecule has 0 amide bonds. The third kappa shape index (κ3) is 4.43. The summed E-state index contributed by atoms with van der Waals surface area (Å²) in [5.74, 6) is -0.00742. The summed E-state index contributed by atoms with van der Waals surface area (Å²) in [6, 6.07) is 30.3. The van der Waals surface area contributed by atoms with Crippen molar-refractivity contribution in [2.75, 3.05) is 4.31 Å². The first-order chi connectivity index (χ1) is 17.3. The Labute approximate surface area is 210 Å². The highest BCUT2D eigenvalue weighted by molar-refractivity contribution is 7.92. The summed E-state index contributed by atoms with van der Waals surface area (Å²) in [6.07, 6.45) is 0. The zero-order chi connectivity index (χ0) is 25.3. The van der Waals surface area contributed by atoms with Crippen molar-refractivity contribution in [1.29, 1.82) is 0 Å². The summed E-state index contributed by atoms with van der Waals surface area (Å²) in [5.41, 5.74) is 3.57. The van der Waals surface area contributed by atoms with Crippen LogP contribution >= 0.6 is 0 Å². The van der Waals surface area contributed by atoms with Crippen LogP contribution in [0.4, 0.5) is 5.88 Å². The number of hydrogen-bond acceptors (Lipinski definition) is 4. The lowest BCUT2D eigenvalue weighted by Crippen LogP contribution is -2.32. The van der Waals surface area contributed by atoms with E-state index in [9.17, 15) is 13.2 Å². The van der Waals surface area contributed by atoms with E-state index in [1.807, 2.05) is 68.4 Å². The maximum Gasteiger partial charge on any atom is 0.266 e. The van der Waals surface area contributed by atoms with Gasteiger partial charge in [0, 0.05) is 0 Å². The monoisotopic (exact) mass is 495 g/mol. The molecule has 0 fully saturated rings. The maximum absolute atomic E-state index is 14.1. The van der Waals surface area contributed by atoms with Crippen molar-refractivity contribution in [3.8, 4) is 11.1 Å². The van der Waals surface area contributed by atoms with E-state index in [2.05, 4.69) is 0 Å². The third-order valence-electron chi connectivity index (χ3n) is 6.12. The van der Waals surface area contributed by atoms with E-state index in [0.717, 1.165) is 16.7 Å². The molecule has 0 atom stereocenters. The van der Waals surface area contributed by atoms with Crippen LogP contribution in [0, 0.1) is 13.8 Å². The standard InChI is InChI=1S/C30H25NO4S/c1-21-12-16-24(17-13-21)28-29(32)26-10-6-7-11-27(26)35-30(28)31(20-23-8-4-3-5-9-23)36(33,34)25-18-14-22(2)15-19-25/h3-19H,20H2,1-2H3. The molecule has 36 heavy (non-hydrogen) atoms. The van der Waals surface area contributed by atoms with Gasteiger partial charge in [-0.3, -0.25) is 4.79 Å². The van der Waals surface area contributed by atoms with E-state index in [4.69, 9.17) is 4.42 Å². The van der Waals surface area contributed by atoms with Gasteiger partial charge in [-0.25, -0.2) is 12.7 Å². The molecule has 0 aliphatic heterocycles. The summed E-state index contributed by atoms with van der Waals surface area (Å²) in [6.45, 7) is 3.85. The van der Waals surface area contributed by atoms with Crippen LogP contribution < -0.4 is 9.73 Å². The van der Waals surface area contributed by atoms with Gasteiger partial charge in [0.25, 0.3) is 10.0 Å². The molecule has 6 heteroatoms. The smallest absolute Gasteiger partial charge is 0.266 e. The summed E-state index contributed by atoms with van der Waals surface area (Å²) < 4.78 is 35.7. The second kappa shape index (κ2) is 9.47. The van der Waals surface area contributed by atoms with Crippen LogP contribution in [0.1, 0.15) is 16.7 Å². The SMILES string of the molecule is Cc1ccc(-c2c(N(Cc3ccccc3)S(=O)(=O)c3ccc(C)cc3)oc3ccccc3c2=O)cc1. The van der Waals surface area contributed by atoms with Crippen LogP contribution in [0.15, 0.2) is 117 Å². The minimum atomic E-state index is -4.09. The van der Waals surface area contributed by atoms with Crippen molar-refractivity contribution in [3.63, 3.8) is 0 Å². The Hall–Kier alpha value is -4.16. The van der Waals surface area contributed by atoms with Gasteiger partial charge in [-0.15, -0.1) is 0 Å². The summed E-state index contributed by atoms with van der Waals surface area (Å²) in [5, 5.41) is 0.393. The van der Waals surface area contributed by atoms with Crippen molar-refractivity contribution in [3.05, 3.63) is 130 Å². The van der Waals surface area contributed by atoms with E-state index in [1.165, 1.54) is 4.31 Å². The molecule has 5 rings (SSSR count). The average Bonchev–Trinajstić information content (AvgIpc) is 2.89. The molecule has 0 saturated heterocycles. The van der Waals surface area contributed by atoms with Gasteiger partial charge in [-0.05, 0) is 49.2 Å². The number of fused-ring (bicyclic) bond motifs is 1. The molecule has 0 aliphatic rings. The van der Waals surface area contributed by atoms with E-state index in [1.54, 1.807) is 48.5 Å². The fourth-order valence-electron chi connectivity index (χ4n) is 4.13. The molecule has 0 N–H and O–H groups in total. The molecule has 1 aromatic heterocycles. The minimum absolute atomic E-state index is 0.00279. The second-order valence-corrected chi connectivity index (χ2v) is 10.6. The molecular weight excluding hydrogens is 470 g/mol. The predicted octanol–water partition coefficient (Wildman–Crippen LogP) is 6.47. The first-order valence-corrected chi connectivity index (χ1v) is 13.0. The minimum Gasteiger partial charge on any atom is -0.439 e. The molecule has 5 nitrogen and oxygen atoms in total. The van der Waals surface area contributed by atoms with Gasteiger partial charge < -0.3 is 4.42 Å². The summed E-state index contributed by atoms with van der Waals surface area (Å²) in [7, 11) is -4.09. The van der Waals surface area contributed by atoms with Gasteiger partial charge in [0.1, 0.15) is 5.58 Å². The fraction of sp³-hybridized carbons (Fsp3) is 0.100. The molecule has 180 valence electrons. The van der Waals surface area contributed by atoms with Crippen molar-refractivity contribution in [2.45, 2.75) is 25.3 Å². The Kier molecular flexibility index (Phi) is 6.20. The highest BCUT2D eigenvalue weighted by Crippen LogP contribution is 2.36. The first-order valence-electron chi connectivity index (χ1n) is 11.6. The molecule has 4 aromatic carbocycles. The van der Waals surface area contributed by atoms with Crippen molar-refractivity contribution in [1.82, 2.24) is 0 Å². The molecular formula is C30H25NO4S. The number of anilines is 1. The first kappa shape index (κ1) is 23.6. The van der Waals surface area contributed by atoms with Gasteiger partial charge in [0.2, 0.25) is 11.3 Å². The zero-order valence-corrected chi connectivity index (χ0v) is 20.8. The third-order valence-corrected chi connectivity index (χ3v) is 7.87. The Balaban J connectivity index is 1.82. The van der Waals surface area contributed by atoms with E-state index in [0.29, 0.717) is 16.5 Å². The topological polar surface area (TPSA) is 67.6 Å². The van der Waals surface area contributed by atoms with Crippen LogP contribution in [0.25, 0.3) is 22.1 Å². The maximum atomic E-state index is 14.1. The fourth-order valence-corrected chi connectivity index (χ4v) is 5.53. The number of benzene rings is 4. The molecule has 0 saturated carbocycles. The molecule has 0 radical (unpaired) electrons.